The van der Waals surface area contributed by atoms with Gasteiger partial charge in [-0.25, -0.2) is 8.42 Å². The molecule has 0 spiro atoms. The van der Waals surface area contributed by atoms with E-state index in [1.54, 1.807) is 23.5 Å². The monoisotopic (exact) mass is 484 g/mol. The second kappa shape index (κ2) is 10.1. The van der Waals surface area contributed by atoms with Crippen molar-refractivity contribution in [2.24, 2.45) is 0 Å². The third-order valence-electron chi connectivity index (χ3n) is 5.88. The van der Waals surface area contributed by atoms with Crippen LogP contribution < -0.4 is 4.74 Å². The van der Waals surface area contributed by atoms with Gasteiger partial charge in [0.15, 0.2) is 0 Å². The number of carbonyl (C=O) groups excluding carboxylic acids is 1. The Kier molecular flexibility index (Phi) is 7.17. The molecule has 1 aromatic heterocycles. The largest absolute Gasteiger partial charge is 0.497 e. The molecule has 0 radical (unpaired) electrons. The summed E-state index contributed by atoms with van der Waals surface area (Å²) in [5.74, 6) is 0.392. The number of fused-ring (bicyclic) bond motifs is 1. The Bertz CT molecular complexity index is 1190. The number of hydrogen-bond acceptors (Lipinski definition) is 5. The first-order chi connectivity index (χ1) is 16.0. The van der Waals surface area contributed by atoms with Crippen molar-refractivity contribution in [1.29, 1.82) is 0 Å². The van der Waals surface area contributed by atoms with Gasteiger partial charge in [-0.3, -0.25) is 4.79 Å². The molecule has 6 nitrogen and oxygen atoms in total. The fraction of sp³-hybridized carbons (Fsp3) is 0.320. The molecule has 4 rings (SSSR count). The van der Waals surface area contributed by atoms with Crippen molar-refractivity contribution in [1.82, 2.24) is 9.21 Å². The van der Waals surface area contributed by atoms with Crippen LogP contribution in [0.5, 0.6) is 5.75 Å². The van der Waals surface area contributed by atoms with Gasteiger partial charge in [0.1, 0.15) is 5.75 Å². The molecule has 0 bridgehead atoms. The molecule has 0 N–H and O–H groups in total. The van der Waals surface area contributed by atoms with Crippen LogP contribution in [0, 0.1) is 0 Å². The van der Waals surface area contributed by atoms with Crippen molar-refractivity contribution < 1.29 is 17.9 Å². The van der Waals surface area contributed by atoms with Gasteiger partial charge in [0.05, 0.1) is 24.6 Å². The Morgan fingerprint density at radius 2 is 1.85 bits per heavy atom. The summed E-state index contributed by atoms with van der Waals surface area (Å²) >= 11 is 1.71. The lowest BCUT2D eigenvalue weighted by Gasteiger charge is -2.37. The van der Waals surface area contributed by atoms with Gasteiger partial charge >= 0.3 is 0 Å². The van der Waals surface area contributed by atoms with Crippen LogP contribution in [0.15, 0.2) is 70.9 Å². The Morgan fingerprint density at radius 1 is 1.12 bits per heavy atom. The van der Waals surface area contributed by atoms with Gasteiger partial charge in [0.25, 0.3) is 0 Å². The molecular weight excluding hydrogens is 456 g/mol. The Balaban J connectivity index is 1.62. The lowest BCUT2D eigenvalue weighted by atomic mass is 9.93. The minimum absolute atomic E-state index is 0.155. The van der Waals surface area contributed by atoms with Crippen LogP contribution in [0.25, 0.3) is 0 Å². The van der Waals surface area contributed by atoms with Gasteiger partial charge in [0, 0.05) is 18.0 Å². The predicted molar refractivity (Wildman–Crippen MR) is 130 cm³/mol. The Hall–Kier alpha value is -2.68. The lowest BCUT2D eigenvalue weighted by Crippen LogP contribution is -2.46. The SMILES string of the molecule is CCCN(CC(=O)N1CCc2sccc2C1c1ccccc1)S(=O)(=O)c1ccc(OC)cc1. The number of sulfonamides is 1. The van der Waals surface area contributed by atoms with Crippen LogP contribution in [0.4, 0.5) is 0 Å². The van der Waals surface area contributed by atoms with E-state index in [0.29, 0.717) is 18.7 Å². The molecule has 0 saturated heterocycles. The molecule has 1 aliphatic rings. The van der Waals surface area contributed by atoms with E-state index in [9.17, 15) is 13.2 Å². The van der Waals surface area contributed by atoms with Crippen LogP contribution in [0.1, 0.15) is 35.4 Å². The smallest absolute Gasteiger partial charge is 0.243 e. The van der Waals surface area contributed by atoms with Gasteiger partial charge in [-0.1, -0.05) is 37.3 Å². The molecule has 0 aliphatic carbocycles. The van der Waals surface area contributed by atoms with Gasteiger partial charge < -0.3 is 9.64 Å². The van der Waals surface area contributed by atoms with Crippen LogP contribution in [0.2, 0.25) is 0 Å². The fourth-order valence-electron chi connectivity index (χ4n) is 4.25. The van der Waals surface area contributed by atoms with Crippen molar-refractivity contribution in [2.45, 2.75) is 30.7 Å². The van der Waals surface area contributed by atoms with E-state index >= 15 is 0 Å². The number of amides is 1. The molecule has 0 saturated carbocycles. The summed E-state index contributed by atoms with van der Waals surface area (Å²) in [5.41, 5.74) is 2.16. The van der Waals surface area contributed by atoms with E-state index in [1.807, 2.05) is 42.2 Å². The maximum atomic E-state index is 13.6. The van der Waals surface area contributed by atoms with E-state index < -0.39 is 10.0 Å². The van der Waals surface area contributed by atoms with Gasteiger partial charge in [-0.05, 0) is 59.7 Å². The predicted octanol–water partition coefficient (Wildman–Crippen LogP) is 4.33. The van der Waals surface area contributed by atoms with Gasteiger partial charge in [-0.15, -0.1) is 11.3 Å². The highest BCUT2D eigenvalue weighted by Crippen LogP contribution is 2.38. The van der Waals surface area contributed by atoms with E-state index in [1.165, 1.54) is 28.4 Å². The maximum Gasteiger partial charge on any atom is 0.243 e. The molecule has 1 atom stereocenters. The average molecular weight is 485 g/mol. The fourth-order valence-corrected chi connectivity index (χ4v) is 6.64. The zero-order chi connectivity index (χ0) is 23.4. The summed E-state index contributed by atoms with van der Waals surface area (Å²) in [4.78, 5) is 16.8. The Labute approximate surface area is 199 Å². The van der Waals surface area contributed by atoms with E-state index in [0.717, 1.165) is 17.5 Å². The Morgan fingerprint density at radius 3 is 2.52 bits per heavy atom. The molecular formula is C25H28N2O4S2. The van der Waals surface area contributed by atoms with Crippen molar-refractivity contribution >= 4 is 27.3 Å². The summed E-state index contributed by atoms with van der Waals surface area (Å²) < 4.78 is 33.2. The van der Waals surface area contributed by atoms with Gasteiger partial charge in [-0.2, -0.15) is 4.31 Å². The average Bonchev–Trinajstić information content (AvgIpc) is 3.32. The highest BCUT2D eigenvalue weighted by Gasteiger charge is 2.35. The second-order valence-electron chi connectivity index (χ2n) is 7.96. The molecule has 1 amide bonds. The number of methoxy groups -OCH3 is 1. The zero-order valence-corrected chi connectivity index (χ0v) is 20.4. The zero-order valence-electron chi connectivity index (χ0n) is 18.8. The third kappa shape index (κ3) is 4.83. The van der Waals surface area contributed by atoms with E-state index in [2.05, 4.69) is 11.4 Å². The summed E-state index contributed by atoms with van der Waals surface area (Å²) in [6.45, 7) is 2.55. The van der Waals surface area contributed by atoms with Crippen molar-refractivity contribution in [3.8, 4) is 5.75 Å². The molecule has 2 aromatic carbocycles. The van der Waals surface area contributed by atoms with E-state index in [-0.39, 0.29) is 29.9 Å². The molecule has 0 fully saturated rings. The number of carbonyl (C=O) groups is 1. The van der Waals surface area contributed by atoms with Crippen LogP contribution in [-0.2, 0) is 21.2 Å². The molecule has 2 heterocycles. The van der Waals surface area contributed by atoms with Crippen molar-refractivity contribution in [3.05, 3.63) is 82.0 Å². The van der Waals surface area contributed by atoms with Crippen molar-refractivity contribution in [3.63, 3.8) is 0 Å². The van der Waals surface area contributed by atoms with Crippen molar-refractivity contribution in [2.75, 3.05) is 26.7 Å². The number of benzene rings is 2. The molecule has 33 heavy (non-hydrogen) atoms. The summed E-state index contributed by atoms with van der Waals surface area (Å²) in [6.07, 6.45) is 1.39. The minimum Gasteiger partial charge on any atom is -0.497 e. The van der Waals surface area contributed by atoms with E-state index in [4.69, 9.17) is 4.74 Å². The first-order valence-corrected chi connectivity index (χ1v) is 13.3. The molecule has 174 valence electrons. The minimum atomic E-state index is -3.82. The summed E-state index contributed by atoms with van der Waals surface area (Å²) in [5, 5.41) is 2.06. The standard InChI is InChI=1S/C25H28N2O4S2/c1-3-15-26(33(29,30)21-11-9-20(31-2)10-12-21)18-24(28)27-16-13-23-22(14-17-32-23)25(27)19-7-5-4-6-8-19/h4-12,14,17,25H,3,13,15-16,18H2,1-2H3. The highest BCUT2D eigenvalue weighted by atomic mass is 32.2. The maximum absolute atomic E-state index is 13.6. The number of nitrogens with zero attached hydrogens (tertiary/aromatic N) is 2. The molecule has 1 aliphatic heterocycles. The second-order valence-corrected chi connectivity index (χ2v) is 10.9. The summed E-state index contributed by atoms with van der Waals surface area (Å²) in [6, 6.07) is 18.1. The first kappa shape index (κ1) is 23.5. The number of ether oxygens (including phenoxy) is 1. The number of rotatable bonds is 8. The molecule has 3 aromatic rings. The van der Waals surface area contributed by atoms with Crippen LogP contribution >= 0.6 is 11.3 Å². The van der Waals surface area contributed by atoms with Gasteiger partial charge in [0.2, 0.25) is 15.9 Å². The van der Waals surface area contributed by atoms with Crippen LogP contribution in [-0.4, -0.2) is 50.3 Å². The quantitative estimate of drug-likeness (QED) is 0.477. The topological polar surface area (TPSA) is 66.9 Å². The first-order valence-electron chi connectivity index (χ1n) is 11.0. The van der Waals surface area contributed by atoms with Crippen LogP contribution in [0.3, 0.4) is 0 Å². The molecule has 1 unspecified atom stereocenters. The number of hydrogen-bond donors (Lipinski definition) is 0. The summed E-state index contributed by atoms with van der Waals surface area (Å²) in [7, 11) is -2.29. The normalized spacial score (nSPS) is 16.0. The number of thiophene rings is 1. The highest BCUT2D eigenvalue weighted by molar-refractivity contribution is 7.89. The lowest BCUT2D eigenvalue weighted by molar-refractivity contribution is -0.133. The molecule has 8 heteroatoms. The third-order valence-corrected chi connectivity index (χ3v) is 8.74.